The monoisotopic (exact) mass is 296 g/mol. The Bertz CT molecular complexity index is 618. The molecule has 2 rings (SSSR count). The summed E-state index contributed by atoms with van der Waals surface area (Å²) in [5.41, 5.74) is 3.06. The second-order valence-electron chi connectivity index (χ2n) is 3.63. The molecule has 0 aliphatic heterocycles. The number of hydrazine groups is 1. The van der Waals surface area contributed by atoms with E-state index in [1.807, 2.05) is 0 Å². The number of benzene rings is 1. The molecule has 2 aromatic rings. The zero-order valence-corrected chi connectivity index (χ0v) is 11.2. The van der Waals surface area contributed by atoms with Crippen molar-refractivity contribution in [2.24, 2.45) is 5.84 Å². The van der Waals surface area contributed by atoms with Crippen molar-refractivity contribution in [3.63, 3.8) is 0 Å². The summed E-state index contributed by atoms with van der Waals surface area (Å²) < 4.78 is 0. The van der Waals surface area contributed by atoms with Gasteiger partial charge in [0.05, 0.1) is 10.7 Å². The SMILES string of the molecule is NNc1cccc(C(=O)Nc2ccc(Cl)cc2Cl)n1. The van der Waals surface area contributed by atoms with Gasteiger partial charge in [-0.3, -0.25) is 4.79 Å². The highest BCUT2D eigenvalue weighted by molar-refractivity contribution is 6.36. The predicted molar refractivity (Wildman–Crippen MR) is 76.5 cm³/mol. The van der Waals surface area contributed by atoms with Gasteiger partial charge in [0.15, 0.2) is 0 Å². The van der Waals surface area contributed by atoms with Crippen molar-refractivity contribution in [3.8, 4) is 0 Å². The lowest BCUT2D eigenvalue weighted by Crippen LogP contribution is -2.16. The van der Waals surface area contributed by atoms with Gasteiger partial charge in [-0.2, -0.15) is 0 Å². The minimum Gasteiger partial charge on any atom is -0.319 e. The third-order valence-corrected chi connectivity index (χ3v) is 2.86. The molecule has 5 nitrogen and oxygen atoms in total. The number of rotatable bonds is 3. The van der Waals surface area contributed by atoms with E-state index in [0.717, 1.165) is 0 Å². The van der Waals surface area contributed by atoms with Crippen LogP contribution >= 0.6 is 23.2 Å². The van der Waals surface area contributed by atoms with Crippen LogP contribution in [-0.2, 0) is 0 Å². The molecule has 0 aliphatic carbocycles. The molecular formula is C12H10Cl2N4O. The molecule has 0 saturated heterocycles. The molecule has 4 N–H and O–H groups in total. The summed E-state index contributed by atoms with van der Waals surface area (Å²) in [4.78, 5) is 16.0. The van der Waals surface area contributed by atoms with Crippen molar-refractivity contribution in [1.29, 1.82) is 0 Å². The minimum absolute atomic E-state index is 0.224. The Hall–Kier alpha value is -1.82. The van der Waals surface area contributed by atoms with Crippen LogP contribution in [0.2, 0.25) is 10.0 Å². The van der Waals surface area contributed by atoms with Crippen molar-refractivity contribution < 1.29 is 4.79 Å². The fourth-order valence-electron chi connectivity index (χ4n) is 1.42. The van der Waals surface area contributed by atoms with E-state index in [1.54, 1.807) is 36.4 Å². The Morgan fingerprint density at radius 1 is 1.21 bits per heavy atom. The molecule has 0 unspecified atom stereocenters. The molecule has 0 aliphatic rings. The van der Waals surface area contributed by atoms with Gasteiger partial charge in [-0.1, -0.05) is 29.3 Å². The Kier molecular flexibility index (Phi) is 4.21. The summed E-state index contributed by atoms with van der Waals surface area (Å²) in [6, 6.07) is 9.68. The van der Waals surface area contributed by atoms with E-state index in [2.05, 4.69) is 15.7 Å². The summed E-state index contributed by atoms with van der Waals surface area (Å²) in [6.07, 6.45) is 0. The van der Waals surface area contributed by atoms with Crippen LogP contribution in [0, 0.1) is 0 Å². The molecule has 98 valence electrons. The van der Waals surface area contributed by atoms with E-state index < -0.39 is 0 Å². The number of nitrogen functional groups attached to an aromatic ring is 1. The standard InChI is InChI=1S/C12H10Cl2N4O/c13-7-4-5-9(8(14)6-7)17-12(19)10-2-1-3-11(16-10)18-15/h1-6H,15H2,(H,16,18)(H,17,19). The fraction of sp³-hybridized carbons (Fsp3) is 0. The van der Waals surface area contributed by atoms with E-state index in [1.165, 1.54) is 0 Å². The highest BCUT2D eigenvalue weighted by Gasteiger charge is 2.10. The third kappa shape index (κ3) is 3.35. The first-order valence-corrected chi connectivity index (χ1v) is 6.06. The molecule has 0 radical (unpaired) electrons. The Morgan fingerprint density at radius 3 is 2.68 bits per heavy atom. The van der Waals surface area contributed by atoms with E-state index in [9.17, 15) is 4.79 Å². The summed E-state index contributed by atoms with van der Waals surface area (Å²) in [7, 11) is 0. The Balaban J connectivity index is 2.20. The van der Waals surface area contributed by atoms with Crippen molar-refractivity contribution in [1.82, 2.24) is 4.98 Å². The van der Waals surface area contributed by atoms with E-state index in [4.69, 9.17) is 29.0 Å². The maximum atomic E-state index is 12.0. The number of nitrogens with zero attached hydrogens (tertiary/aromatic N) is 1. The molecule has 0 spiro atoms. The Labute approximate surface area is 119 Å². The summed E-state index contributed by atoms with van der Waals surface area (Å²) in [5.74, 6) is 5.24. The van der Waals surface area contributed by atoms with E-state index in [0.29, 0.717) is 21.6 Å². The summed E-state index contributed by atoms with van der Waals surface area (Å²) in [6.45, 7) is 0. The topological polar surface area (TPSA) is 80.0 Å². The lowest BCUT2D eigenvalue weighted by molar-refractivity contribution is 0.102. The molecular weight excluding hydrogens is 287 g/mol. The zero-order chi connectivity index (χ0) is 13.8. The van der Waals surface area contributed by atoms with Crippen LogP contribution in [0.15, 0.2) is 36.4 Å². The van der Waals surface area contributed by atoms with Gasteiger partial charge in [0.1, 0.15) is 11.5 Å². The molecule has 1 heterocycles. The van der Waals surface area contributed by atoms with Crippen LogP contribution in [0.3, 0.4) is 0 Å². The number of carbonyl (C=O) groups is 1. The lowest BCUT2D eigenvalue weighted by Gasteiger charge is -2.07. The average Bonchev–Trinajstić information content (AvgIpc) is 2.42. The molecule has 1 aromatic heterocycles. The highest BCUT2D eigenvalue weighted by atomic mass is 35.5. The predicted octanol–water partition coefficient (Wildman–Crippen LogP) is 2.93. The van der Waals surface area contributed by atoms with Gasteiger partial charge in [-0.15, -0.1) is 0 Å². The molecule has 1 aromatic carbocycles. The van der Waals surface area contributed by atoms with Crippen molar-refractivity contribution in [2.45, 2.75) is 0 Å². The number of aromatic nitrogens is 1. The first kappa shape index (κ1) is 13.6. The maximum absolute atomic E-state index is 12.0. The summed E-state index contributed by atoms with van der Waals surface area (Å²) in [5, 5.41) is 3.50. The molecule has 7 heteroatoms. The number of amides is 1. The van der Waals surface area contributed by atoms with Gasteiger partial charge < -0.3 is 10.7 Å². The van der Waals surface area contributed by atoms with Gasteiger partial charge in [-0.05, 0) is 30.3 Å². The molecule has 0 atom stereocenters. The van der Waals surface area contributed by atoms with Gasteiger partial charge in [0.25, 0.3) is 5.91 Å². The van der Waals surface area contributed by atoms with E-state index in [-0.39, 0.29) is 11.6 Å². The second-order valence-corrected chi connectivity index (χ2v) is 4.47. The lowest BCUT2D eigenvalue weighted by atomic mass is 10.3. The van der Waals surface area contributed by atoms with Crippen molar-refractivity contribution >= 4 is 40.6 Å². The van der Waals surface area contributed by atoms with Gasteiger partial charge >= 0.3 is 0 Å². The number of halogens is 2. The number of hydrogen-bond donors (Lipinski definition) is 3. The van der Waals surface area contributed by atoms with Gasteiger partial charge in [-0.25, -0.2) is 10.8 Å². The number of nitrogens with one attached hydrogen (secondary N) is 2. The van der Waals surface area contributed by atoms with Gasteiger partial charge in [0, 0.05) is 5.02 Å². The first-order chi connectivity index (χ1) is 9.10. The number of nitrogens with two attached hydrogens (primary N) is 1. The van der Waals surface area contributed by atoms with Crippen LogP contribution in [0.25, 0.3) is 0 Å². The molecule has 0 fully saturated rings. The quantitative estimate of drug-likeness (QED) is 0.601. The van der Waals surface area contributed by atoms with Gasteiger partial charge in [0.2, 0.25) is 0 Å². The zero-order valence-electron chi connectivity index (χ0n) is 9.65. The third-order valence-electron chi connectivity index (χ3n) is 2.31. The van der Waals surface area contributed by atoms with E-state index >= 15 is 0 Å². The molecule has 0 saturated carbocycles. The molecule has 1 amide bonds. The minimum atomic E-state index is -0.388. The van der Waals surface area contributed by atoms with Crippen LogP contribution in [0.4, 0.5) is 11.5 Å². The maximum Gasteiger partial charge on any atom is 0.274 e. The van der Waals surface area contributed by atoms with Crippen LogP contribution in [-0.4, -0.2) is 10.9 Å². The van der Waals surface area contributed by atoms with Crippen molar-refractivity contribution in [3.05, 3.63) is 52.1 Å². The largest absolute Gasteiger partial charge is 0.319 e. The normalized spacial score (nSPS) is 10.1. The van der Waals surface area contributed by atoms with Crippen LogP contribution < -0.4 is 16.6 Å². The number of carbonyl (C=O) groups excluding carboxylic acids is 1. The van der Waals surface area contributed by atoms with Crippen LogP contribution in [0.1, 0.15) is 10.5 Å². The van der Waals surface area contributed by atoms with Crippen LogP contribution in [0.5, 0.6) is 0 Å². The molecule has 0 bridgehead atoms. The number of hydrogen-bond acceptors (Lipinski definition) is 4. The fourth-order valence-corrected chi connectivity index (χ4v) is 1.87. The number of pyridine rings is 1. The smallest absolute Gasteiger partial charge is 0.274 e. The second kappa shape index (κ2) is 5.88. The number of anilines is 2. The van der Waals surface area contributed by atoms with Crippen molar-refractivity contribution in [2.75, 3.05) is 10.7 Å². The molecule has 19 heavy (non-hydrogen) atoms. The summed E-state index contributed by atoms with van der Waals surface area (Å²) >= 11 is 11.7. The average molecular weight is 297 g/mol. The first-order valence-electron chi connectivity index (χ1n) is 5.30. The highest BCUT2D eigenvalue weighted by Crippen LogP contribution is 2.25. The Morgan fingerprint density at radius 2 is 2.00 bits per heavy atom.